The molecule has 0 fully saturated rings. The van der Waals surface area contributed by atoms with E-state index in [0.29, 0.717) is 12.3 Å². The first kappa shape index (κ1) is 13.7. The van der Waals surface area contributed by atoms with Gasteiger partial charge in [-0.05, 0) is 25.0 Å². The van der Waals surface area contributed by atoms with E-state index in [2.05, 4.69) is 5.32 Å². The van der Waals surface area contributed by atoms with Gasteiger partial charge in [-0.2, -0.15) is 0 Å². The van der Waals surface area contributed by atoms with E-state index in [0.717, 1.165) is 0 Å². The molecule has 0 saturated carbocycles. The van der Waals surface area contributed by atoms with Crippen molar-refractivity contribution in [1.82, 2.24) is 5.32 Å². The Morgan fingerprint density at radius 1 is 1.41 bits per heavy atom. The van der Waals surface area contributed by atoms with Gasteiger partial charge in [-0.1, -0.05) is 13.8 Å². The molecule has 0 aliphatic heterocycles. The van der Waals surface area contributed by atoms with Crippen LogP contribution in [0.5, 0.6) is 0 Å². The first-order valence-electron chi connectivity index (χ1n) is 5.66. The summed E-state index contributed by atoms with van der Waals surface area (Å²) in [4.78, 5) is 10.6. The molecule has 0 aliphatic carbocycles. The Hall–Kier alpha value is -1.33. The lowest BCUT2D eigenvalue weighted by Gasteiger charge is -2.18. The van der Waals surface area contributed by atoms with Crippen molar-refractivity contribution < 1.29 is 19.4 Å². The summed E-state index contributed by atoms with van der Waals surface area (Å²) in [7, 11) is 0. The maximum Gasteiger partial charge on any atom is 0.371 e. The molecule has 2 unspecified atom stereocenters. The molecule has 5 heteroatoms. The molecule has 0 aromatic carbocycles. The number of carboxylic acids is 1. The third-order valence-corrected chi connectivity index (χ3v) is 2.67. The Labute approximate surface area is 100 Å². The van der Waals surface area contributed by atoms with Crippen LogP contribution in [0.25, 0.3) is 0 Å². The number of rotatable bonds is 6. The third-order valence-electron chi connectivity index (χ3n) is 2.67. The maximum absolute atomic E-state index is 10.6. The Balaban J connectivity index is 2.52. The number of carboxylic acid groups (broad SMARTS) is 1. The number of aliphatic hydroxyl groups is 1. The van der Waals surface area contributed by atoms with Gasteiger partial charge in [0, 0.05) is 6.54 Å². The van der Waals surface area contributed by atoms with Crippen LogP contribution in [0.15, 0.2) is 16.5 Å². The second kappa shape index (κ2) is 5.84. The Bertz CT molecular complexity index is 372. The lowest BCUT2D eigenvalue weighted by molar-refractivity contribution is 0.0658. The summed E-state index contributed by atoms with van der Waals surface area (Å²) in [6.07, 6.45) is -0.425. The van der Waals surface area contributed by atoms with Gasteiger partial charge in [-0.25, -0.2) is 4.79 Å². The quantitative estimate of drug-likeness (QED) is 0.705. The molecular weight excluding hydrogens is 222 g/mol. The number of hydrogen-bond donors (Lipinski definition) is 3. The highest BCUT2D eigenvalue weighted by atomic mass is 16.4. The zero-order chi connectivity index (χ0) is 13.0. The van der Waals surface area contributed by atoms with E-state index in [-0.39, 0.29) is 17.7 Å². The normalized spacial score (nSPS) is 14.9. The Morgan fingerprint density at radius 2 is 2.06 bits per heavy atom. The van der Waals surface area contributed by atoms with Crippen LogP contribution in [0.2, 0.25) is 0 Å². The number of hydrogen-bond acceptors (Lipinski definition) is 4. The van der Waals surface area contributed by atoms with E-state index < -0.39 is 12.1 Å². The van der Waals surface area contributed by atoms with Gasteiger partial charge in [-0.15, -0.1) is 0 Å². The summed E-state index contributed by atoms with van der Waals surface area (Å²) in [6, 6.07) is 2.92. The van der Waals surface area contributed by atoms with Gasteiger partial charge in [0.25, 0.3) is 0 Å². The molecule has 0 saturated heterocycles. The van der Waals surface area contributed by atoms with E-state index in [1.54, 1.807) is 6.07 Å². The highest BCUT2D eigenvalue weighted by molar-refractivity contribution is 5.84. The third kappa shape index (κ3) is 3.87. The van der Waals surface area contributed by atoms with E-state index in [1.165, 1.54) is 6.07 Å². The summed E-state index contributed by atoms with van der Waals surface area (Å²) in [5, 5.41) is 21.4. The molecule has 1 rings (SSSR count). The number of aromatic carboxylic acids is 1. The van der Waals surface area contributed by atoms with Crippen LogP contribution < -0.4 is 5.32 Å². The van der Waals surface area contributed by atoms with Crippen LogP contribution in [0.1, 0.15) is 43.1 Å². The molecule has 0 spiro atoms. The van der Waals surface area contributed by atoms with Crippen molar-refractivity contribution in [3.63, 3.8) is 0 Å². The monoisotopic (exact) mass is 241 g/mol. The van der Waals surface area contributed by atoms with Gasteiger partial charge in [0.15, 0.2) is 0 Å². The zero-order valence-corrected chi connectivity index (χ0v) is 10.3. The van der Waals surface area contributed by atoms with Gasteiger partial charge in [0.1, 0.15) is 5.76 Å². The average molecular weight is 241 g/mol. The fourth-order valence-corrected chi connectivity index (χ4v) is 1.33. The highest BCUT2D eigenvalue weighted by Gasteiger charge is 2.16. The molecule has 5 nitrogen and oxygen atoms in total. The van der Waals surface area contributed by atoms with Gasteiger partial charge in [-0.3, -0.25) is 0 Å². The topological polar surface area (TPSA) is 82.7 Å². The highest BCUT2D eigenvalue weighted by Crippen LogP contribution is 2.16. The van der Waals surface area contributed by atoms with Crippen molar-refractivity contribution >= 4 is 5.97 Å². The molecule has 0 aliphatic rings. The molecule has 0 radical (unpaired) electrons. The molecule has 2 atom stereocenters. The van der Waals surface area contributed by atoms with Crippen molar-refractivity contribution in [2.75, 3.05) is 6.54 Å². The number of carbonyl (C=O) groups is 1. The minimum Gasteiger partial charge on any atom is -0.475 e. The van der Waals surface area contributed by atoms with E-state index in [1.807, 2.05) is 20.8 Å². The maximum atomic E-state index is 10.6. The molecular formula is C12H19NO4. The standard InChI is InChI=1S/C12H19NO4/c1-7(2)9(14)6-13-8(3)10-4-5-11(17-10)12(15)16/h4-5,7-9,13-14H,6H2,1-3H3,(H,15,16). The van der Waals surface area contributed by atoms with E-state index >= 15 is 0 Å². The first-order valence-corrected chi connectivity index (χ1v) is 5.66. The van der Waals surface area contributed by atoms with Crippen LogP contribution in [-0.2, 0) is 0 Å². The number of aliphatic hydroxyl groups excluding tert-OH is 1. The van der Waals surface area contributed by atoms with Gasteiger partial charge in [0.05, 0.1) is 12.1 Å². The number of nitrogens with one attached hydrogen (secondary N) is 1. The van der Waals surface area contributed by atoms with E-state index in [4.69, 9.17) is 9.52 Å². The van der Waals surface area contributed by atoms with Gasteiger partial charge < -0.3 is 19.9 Å². The second-order valence-electron chi connectivity index (χ2n) is 4.45. The van der Waals surface area contributed by atoms with Crippen LogP contribution in [0.3, 0.4) is 0 Å². The molecule has 3 N–H and O–H groups in total. The summed E-state index contributed by atoms with van der Waals surface area (Å²) in [5.74, 6) is -0.414. The van der Waals surface area contributed by atoms with Crippen molar-refractivity contribution in [3.8, 4) is 0 Å². The minimum atomic E-state index is -1.08. The SMILES string of the molecule is CC(NCC(O)C(C)C)c1ccc(C(=O)O)o1. The zero-order valence-electron chi connectivity index (χ0n) is 10.3. The fraction of sp³-hybridized carbons (Fsp3) is 0.583. The summed E-state index contributed by atoms with van der Waals surface area (Å²) in [6.45, 7) is 6.18. The largest absolute Gasteiger partial charge is 0.475 e. The second-order valence-corrected chi connectivity index (χ2v) is 4.45. The summed E-state index contributed by atoms with van der Waals surface area (Å²) in [5.41, 5.74) is 0. The molecule has 17 heavy (non-hydrogen) atoms. The average Bonchev–Trinajstić information content (AvgIpc) is 2.74. The van der Waals surface area contributed by atoms with Crippen molar-refractivity contribution in [2.45, 2.75) is 32.9 Å². The summed E-state index contributed by atoms with van der Waals surface area (Å²) >= 11 is 0. The molecule has 0 amide bonds. The van der Waals surface area contributed by atoms with Gasteiger partial charge >= 0.3 is 5.97 Å². The predicted molar refractivity (Wildman–Crippen MR) is 62.9 cm³/mol. The minimum absolute atomic E-state index is 0.0712. The van der Waals surface area contributed by atoms with Crippen LogP contribution in [0.4, 0.5) is 0 Å². The molecule has 0 bridgehead atoms. The molecule has 96 valence electrons. The van der Waals surface area contributed by atoms with Crippen LogP contribution >= 0.6 is 0 Å². The van der Waals surface area contributed by atoms with Crippen molar-refractivity contribution in [1.29, 1.82) is 0 Å². The van der Waals surface area contributed by atoms with Crippen molar-refractivity contribution in [3.05, 3.63) is 23.7 Å². The number of furan rings is 1. The molecule has 1 aromatic heterocycles. The Morgan fingerprint density at radius 3 is 2.53 bits per heavy atom. The molecule has 1 aromatic rings. The first-order chi connectivity index (χ1) is 7.91. The Kier molecular flexibility index (Phi) is 4.72. The van der Waals surface area contributed by atoms with Crippen molar-refractivity contribution in [2.24, 2.45) is 5.92 Å². The summed E-state index contributed by atoms with van der Waals surface area (Å²) < 4.78 is 5.16. The lowest BCUT2D eigenvalue weighted by atomic mass is 10.1. The lowest BCUT2D eigenvalue weighted by Crippen LogP contribution is -2.32. The molecule has 1 heterocycles. The fourth-order valence-electron chi connectivity index (χ4n) is 1.33. The smallest absolute Gasteiger partial charge is 0.371 e. The van der Waals surface area contributed by atoms with E-state index in [9.17, 15) is 9.90 Å². The van der Waals surface area contributed by atoms with Crippen LogP contribution in [-0.4, -0.2) is 28.8 Å². The van der Waals surface area contributed by atoms with Gasteiger partial charge in [0.2, 0.25) is 5.76 Å². The predicted octanol–water partition coefficient (Wildman–Crippen LogP) is 1.65. The van der Waals surface area contributed by atoms with Crippen LogP contribution in [0, 0.1) is 5.92 Å².